The van der Waals surface area contributed by atoms with Crippen LogP contribution in [0.1, 0.15) is 0 Å². The molecule has 7 aromatic carbocycles. The summed E-state index contributed by atoms with van der Waals surface area (Å²) in [6.07, 6.45) is 0. The van der Waals surface area contributed by atoms with Crippen molar-refractivity contribution in [2.45, 2.75) is 0 Å². The molecule has 0 saturated carbocycles. The molecule has 0 fully saturated rings. The number of fused-ring (bicyclic) bond motifs is 7. The van der Waals surface area contributed by atoms with E-state index in [-0.39, 0.29) is 0 Å². The van der Waals surface area contributed by atoms with Crippen LogP contribution in [0.3, 0.4) is 0 Å². The lowest BCUT2D eigenvalue weighted by molar-refractivity contribution is 1.10. The van der Waals surface area contributed by atoms with Gasteiger partial charge < -0.3 is 0 Å². The third-order valence-corrected chi connectivity index (χ3v) is 7.80. The molecule has 2 nitrogen and oxygen atoms in total. The fourth-order valence-corrected chi connectivity index (χ4v) is 5.96. The Bertz CT molecular complexity index is 2120. The molecular formula is C37H24N2. The van der Waals surface area contributed by atoms with Gasteiger partial charge in [-0.25, -0.2) is 4.98 Å². The largest absolute Gasteiger partial charge is 0.292 e. The lowest BCUT2D eigenvalue weighted by Crippen LogP contribution is -1.98. The van der Waals surface area contributed by atoms with E-state index in [1.807, 2.05) is 0 Å². The fourth-order valence-electron chi connectivity index (χ4n) is 5.96. The zero-order valence-electron chi connectivity index (χ0n) is 21.3. The van der Waals surface area contributed by atoms with Gasteiger partial charge in [-0.15, -0.1) is 0 Å². The molecule has 0 radical (unpaired) electrons. The third-order valence-electron chi connectivity index (χ3n) is 7.80. The number of hydrogen-bond acceptors (Lipinski definition) is 1. The predicted molar refractivity (Wildman–Crippen MR) is 164 cm³/mol. The molecule has 0 unspecified atom stereocenters. The number of para-hydroxylation sites is 2. The van der Waals surface area contributed by atoms with Gasteiger partial charge in [-0.2, -0.15) is 0 Å². The Morgan fingerprint density at radius 1 is 0.385 bits per heavy atom. The summed E-state index contributed by atoms with van der Waals surface area (Å²) < 4.78 is 2.29. The summed E-state index contributed by atoms with van der Waals surface area (Å²) in [7, 11) is 0. The molecule has 8 rings (SSSR count). The van der Waals surface area contributed by atoms with Crippen LogP contribution in [0.2, 0.25) is 0 Å². The molecule has 0 atom stereocenters. The quantitative estimate of drug-likeness (QED) is 0.223. The van der Waals surface area contributed by atoms with E-state index in [4.69, 9.17) is 4.98 Å². The third kappa shape index (κ3) is 3.46. The van der Waals surface area contributed by atoms with E-state index in [9.17, 15) is 0 Å². The maximum Gasteiger partial charge on any atom is 0.145 e. The molecule has 0 aliphatic rings. The highest BCUT2D eigenvalue weighted by Crippen LogP contribution is 2.38. The molecule has 0 amide bonds. The summed E-state index contributed by atoms with van der Waals surface area (Å²) in [5, 5.41) is 7.63. The summed E-state index contributed by atoms with van der Waals surface area (Å²) >= 11 is 0. The molecule has 182 valence electrons. The SMILES string of the molecule is c1ccc(-c2ccc(-n3c(-c4ccc5c6ccccc6c6ccccc6c5c4)nc4ccccc43)cc2)cc1. The van der Waals surface area contributed by atoms with Gasteiger partial charge in [0.1, 0.15) is 5.82 Å². The molecule has 2 heteroatoms. The van der Waals surface area contributed by atoms with Crippen molar-refractivity contribution < 1.29 is 0 Å². The Morgan fingerprint density at radius 2 is 0.897 bits per heavy atom. The standard InChI is InChI=1S/C37H24N2/c1-2-10-25(11-3-1)26-18-21-28(22-19-26)39-36-17-9-8-16-35(36)38-37(39)27-20-23-33-31-14-5-4-12-29(31)30-13-6-7-15-32(30)34(33)24-27/h1-24H. The highest BCUT2D eigenvalue weighted by Gasteiger charge is 2.16. The van der Waals surface area contributed by atoms with E-state index < -0.39 is 0 Å². The molecule has 0 spiro atoms. The van der Waals surface area contributed by atoms with Crippen LogP contribution in [0.5, 0.6) is 0 Å². The van der Waals surface area contributed by atoms with Gasteiger partial charge in [0.15, 0.2) is 0 Å². The Morgan fingerprint density at radius 3 is 1.59 bits per heavy atom. The minimum Gasteiger partial charge on any atom is -0.292 e. The van der Waals surface area contributed by atoms with E-state index in [1.165, 1.54) is 43.4 Å². The van der Waals surface area contributed by atoms with Gasteiger partial charge in [-0.05, 0) is 73.8 Å². The first kappa shape index (κ1) is 21.8. The van der Waals surface area contributed by atoms with E-state index >= 15 is 0 Å². The highest BCUT2D eigenvalue weighted by molar-refractivity contribution is 6.25. The van der Waals surface area contributed by atoms with Crippen molar-refractivity contribution in [1.29, 1.82) is 0 Å². The van der Waals surface area contributed by atoms with Crippen molar-refractivity contribution >= 4 is 43.4 Å². The number of benzene rings is 7. The van der Waals surface area contributed by atoms with E-state index in [1.54, 1.807) is 0 Å². The van der Waals surface area contributed by atoms with Crippen molar-refractivity contribution in [2.75, 3.05) is 0 Å². The number of hydrogen-bond donors (Lipinski definition) is 0. The molecule has 0 bridgehead atoms. The predicted octanol–water partition coefficient (Wildman–Crippen LogP) is 9.82. The van der Waals surface area contributed by atoms with Crippen LogP contribution in [0.15, 0.2) is 146 Å². The van der Waals surface area contributed by atoms with Crippen molar-refractivity contribution in [2.24, 2.45) is 0 Å². The number of rotatable bonds is 3. The smallest absolute Gasteiger partial charge is 0.145 e. The Labute approximate surface area is 226 Å². The van der Waals surface area contributed by atoms with Gasteiger partial charge in [0.25, 0.3) is 0 Å². The Balaban J connectivity index is 1.37. The van der Waals surface area contributed by atoms with E-state index in [2.05, 4.69) is 150 Å². The van der Waals surface area contributed by atoms with Crippen LogP contribution in [0, 0.1) is 0 Å². The molecule has 1 aromatic heterocycles. The van der Waals surface area contributed by atoms with Crippen LogP contribution in [0.4, 0.5) is 0 Å². The van der Waals surface area contributed by atoms with Crippen molar-refractivity contribution in [3.63, 3.8) is 0 Å². The van der Waals surface area contributed by atoms with Gasteiger partial charge in [0, 0.05) is 11.3 Å². The summed E-state index contributed by atoms with van der Waals surface area (Å²) in [6, 6.07) is 51.9. The minimum absolute atomic E-state index is 0.947. The van der Waals surface area contributed by atoms with Gasteiger partial charge in [-0.1, -0.05) is 115 Å². The van der Waals surface area contributed by atoms with Crippen LogP contribution in [-0.2, 0) is 0 Å². The van der Waals surface area contributed by atoms with Gasteiger partial charge in [-0.3, -0.25) is 4.57 Å². The van der Waals surface area contributed by atoms with E-state index in [0.717, 1.165) is 28.1 Å². The fraction of sp³-hybridized carbons (Fsp3) is 0. The molecule has 39 heavy (non-hydrogen) atoms. The maximum atomic E-state index is 5.15. The average Bonchev–Trinajstić information content (AvgIpc) is 3.41. The Hall–Kier alpha value is -5.21. The lowest BCUT2D eigenvalue weighted by atomic mass is 9.93. The summed E-state index contributed by atoms with van der Waals surface area (Å²) in [5.74, 6) is 0.947. The Kier molecular flexibility index (Phi) is 4.86. The second kappa shape index (κ2) is 8.68. The second-order valence-corrected chi connectivity index (χ2v) is 10.0. The van der Waals surface area contributed by atoms with Crippen molar-refractivity contribution in [3.05, 3.63) is 146 Å². The van der Waals surface area contributed by atoms with Crippen molar-refractivity contribution in [1.82, 2.24) is 9.55 Å². The molecule has 0 N–H and O–H groups in total. The van der Waals surface area contributed by atoms with Crippen LogP contribution in [-0.4, -0.2) is 9.55 Å². The number of nitrogens with zero attached hydrogens (tertiary/aromatic N) is 2. The average molecular weight is 497 g/mol. The monoisotopic (exact) mass is 496 g/mol. The number of aromatic nitrogens is 2. The summed E-state index contributed by atoms with van der Waals surface area (Å²) in [4.78, 5) is 5.15. The van der Waals surface area contributed by atoms with E-state index in [0.29, 0.717) is 0 Å². The molecule has 0 saturated heterocycles. The normalized spacial score (nSPS) is 11.6. The molecule has 8 aromatic rings. The summed E-state index contributed by atoms with van der Waals surface area (Å²) in [5.41, 5.74) is 6.71. The molecular weight excluding hydrogens is 472 g/mol. The summed E-state index contributed by atoms with van der Waals surface area (Å²) in [6.45, 7) is 0. The van der Waals surface area contributed by atoms with Crippen LogP contribution in [0.25, 0.3) is 71.6 Å². The van der Waals surface area contributed by atoms with Gasteiger partial charge in [0.05, 0.1) is 11.0 Å². The number of imidazole rings is 1. The van der Waals surface area contributed by atoms with Crippen LogP contribution >= 0.6 is 0 Å². The molecule has 0 aliphatic carbocycles. The lowest BCUT2D eigenvalue weighted by Gasteiger charge is -2.14. The molecule has 0 aliphatic heterocycles. The maximum absolute atomic E-state index is 5.15. The zero-order chi connectivity index (χ0) is 25.8. The zero-order valence-corrected chi connectivity index (χ0v) is 21.3. The minimum atomic E-state index is 0.947. The first-order valence-corrected chi connectivity index (χ1v) is 13.3. The topological polar surface area (TPSA) is 17.8 Å². The highest BCUT2D eigenvalue weighted by atomic mass is 15.1. The van der Waals surface area contributed by atoms with Gasteiger partial charge in [0.2, 0.25) is 0 Å². The van der Waals surface area contributed by atoms with Crippen LogP contribution < -0.4 is 0 Å². The van der Waals surface area contributed by atoms with Gasteiger partial charge >= 0.3 is 0 Å². The molecule has 1 heterocycles. The first-order valence-electron chi connectivity index (χ1n) is 13.3. The first-order chi connectivity index (χ1) is 19.3. The van der Waals surface area contributed by atoms with Crippen molar-refractivity contribution in [3.8, 4) is 28.2 Å². The second-order valence-electron chi connectivity index (χ2n) is 10.0.